The van der Waals surface area contributed by atoms with E-state index in [4.69, 9.17) is 0 Å². The first-order valence-electron chi connectivity index (χ1n) is 6.74. The summed E-state index contributed by atoms with van der Waals surface area (Å²) in [6, 6.07) is 12.3. The molecule has 7 heteroatoms. The molecule has 0 fully saturated rings. The highest BCUT2D eigenvalue weighted by atomic mass is 32.2. The van der Waals surface area contributed by atoms with Gasteiger partial charge in [-0.1, -0.05) is 30.3 Å². The lowest BCUT2D eigenvalue weighted by Crippen LogP contribution is -2.13. The van der Waals surface area contributed by atoms with Gasteiger partial charge in [0.05, 0.1) is 17.5 Å². The summed E-state index contributed by atoms with van der Waals surface area (Å²) in [5, 5.41) is 0.427. The molecule has 0 spiro atoms. The number of nitrogens with one attached hydrogen (secondary N) is 2. The number of anilines is 1. The van der Waals surface area contributed by atoms with Crippen molar-refractivity contribution >= 4 is 32.4 Å². The van der Waals surface area contributed by atoms with Crippen LogP contribution in [0.15, 0.2) is 48.5 Å². The molecule has 118 valence electrons. The second kappa shape index (κ2) is 5.51. The number of fused-ring (bicyclic) bond motifs is 1. The summed E-state index contributed by atoms with van der Waals surface area (Å²) < 4.78 is 39.0. The van der Waals surface area contributed by atoms with Crippen molar-refractivity contribution < 1.29 is 17.6 Å². The van der Waals surface area contributed by atoms with Gasteiger partial charge < -0.3 is 4.98 Å². The van der Waals surface area contributed by atoms with E-state index >= 15 is 0 Å². The van der Waals surface area contributed by atoms with E-state index in [0.717, 1.165) is 6.26 Å². The van der Waals surface area contributed by atoms with Gasteiger partial charge in [0.25, 0.3) is 0 Å². The molecule has 1 heterocycles. The molecule has 3 rings (SSSR count). The Hall–Kier alpha value is -2.67. The zero-order valence-corrected chi connectivity index (χ0v) is 12.9. The minimum absolute atomic E-state index is 0.0715. The number of H-pyrrole nitrogens is 1. The van der Waals surface area contributed by atoms with E-state index in [2.05, 4.69) is 9.71 Å². The van der Waals surface area contributed by atoms with Crippen molar-refractivity contribution in [3.05, 3.63) is 65.6 Å². The number of carbonyl (C=O) groups excluding carboxylic acids is 1. The summed E-state index contributed by atoms with van der Waals surface area (Å²) in [4.78, 5) is 15.5. The molecule has 0 aliphatic heterocycles. The third kappa shape index (κ3) is 3.09. The smallest absolute Gasteiger partial charge is 0.229 e. The van der Waals surface area contributed by atoms with E-state index in [1.807, 2.05) is 0 Å². The Labute approximate surface area is 132 Å². The Balaban J connectivity index is 2.22. The van der Waals surface area contributed by atoms with Gasteiger partial charge in [0.1, 0.15) is 11.5 Å². The second-order valence-electron chi connectivity index (χ2n) is 5.13. The topological polar surface area (TPSA) is 79.0 Å². The molecule has 0 saturated heterocycles. The minimum Gasteiger partial charge on any atom is -0.350 e. The predicted molar refractivity (Wildman–Crippen MR) is 86.6 cm³/mol. The monoisotopic (exact) mass is 332 g/mol. The van der Waals surface area contributed by atoms with Crippen molar-refractivity contribution in [2.24, 2.45) is 0 Å². The third-order valence-electron chi connectivity index (χ3n) is 3.31. The molecular weight excluding hydrogens is 319 g/mol. The zero-order valence-electron chi connectivity index (χ0n) is 12.1. The van der Waals surface area contributed by atoms with E-state index < -0.39 is 15.8 Å². The molecule has 0 radical (unpaired) electrons. The van der Waals surface area contributed by atoms with Crippen LogP contribution in [0.4, 0.5) is 10.1 Å². The first kappa shape index (κ1) is 15.2. The van der Waals surface area contributed by atoms with Crippen LogP contribution in [0.2, 0.25) is 0 Å². The molecule has 0 aliphatic carbocycles. The molecule has 0 aliphatic rings. The van der Waals surface area contributed by atoms with Crippen LogP contribution in [-0.4, -0.2) is 25.4 Å². The van der Waals surface area contributed by atoms with Gasteiger partial charge in [0, 0.05) is 10.9 Å². The molecule has 0 unspecified atom stereocenters. The summed E-state index contributed by atoms with van der Waals surface area (Å²) in [6.07, 6.45) is 0.992. The number of halogens is 1. The highest BCUT2D eigenvalue weighted by molar-refractivity contribution is 7.92. The fraction of sp³-hybridized carbons (Fsp3) is 0.0625. The van der Waals surface area contributed by atoms with Crippen molar-refractivity contribution in [2.75, 3.05) is 11.0 Å². The fourth-order valence-corrected chi connectivity index (χ4v) is 2.95. The van der Waals surface area contributed by atoms with Gasteiger partial charge in [-0.2, -0.15) is 0 Å². The largest absolute Gasteiger partial charge is 0.350 e. The minimum atomic E-state index is -3.60. The maximum atomic E-state index is 13.4. The second-order valence-corrected chi connectivity index (χ2v) is 6.88. The average molecular weight is 332 g/mol. The quantitative estimate of drug-likeness (QED) is 0.721. The molecule has 5 nitrogen and oxygen atoms in total. The summed E-state index contributed by atoms with van der Waals surface area (Å²) in [6.45, 7) is 0. The maximum absolute atomic E-state index is 13.4. The lowest BCUT2D eigenvalue weighted by atomic mass is 10.1. The average Bonchev–Trinajstić information content (AvgIpc) is 2.83. The predicted octanol–water partition coefficient (Wildman–Crippen LogP) is 2.91. The normalized spacial score (nSPS) is 11.6. The van der Waals surface area contributed by atoms with Crippen LogP contribution in [-0.2, 0) is 10.0 Å². The summed E-state index contributed by atoms with van der Waals surface area (Å²) in [5.74, 6) is -0.864. The van der Waals surface area contributed by atoms with Crippen LogP contribution in [0.25, 0.3) is 10.9 Å². The molecule has 0 bridgehead atoms. The molecular formula is C16H13FN2O3S. The van der Waals surface area contributed by atoms with Crippen LogP contribution in [0.5, 0.6) is 0 Å². The van der Waals surface area contributed by atoms with Crippen LogP contribution in [0.1, 0.15) is 16.1 Å². The Morgan fingerprint density at radius 2 is 1.83 bits per heavy atom. The van der Waals surface area contributed by atoms with E-state index in [9.17, 15) is 17.6 Å². The standard InChI is InChI=1S/C16H13FN2O3S/c1-23(21,22)19-14-12-8-7-11(17)9-13(12)18-15(14)16(20)10-5-3-2-4-6-10/h2-9,18-19H,1H3. The van der Waals surface area contributed by atoms with E-state index in [1.54, 1.807) is 30.3 Å². The Morgan fingerprint density at radius 3 is 2.48 bits per heavy atom. The Bertz CT molecular complexity index is 995. The summed E-state index contributed by atoms with van der Waals surface area (Å²) >= 11 is 0. The number of aromatic amines is 1. The van der Waals surface area contributed by atoms with E-state index in [1.165, 1.54) is 18.2 Å². The number of sulfonamides is 1. The van der Waals surface area contributed by atoms with E-state index in [-0.39, 0.29) is 17.2 Å². The van der Waals surface area contributed by atoms with Crippen LogP contribution >= 0.6 is 0 Å². The number of ketones is 1. The van der Waals surface area contributed by atoms with E-state index in [0.29, 0.717) is 16.5 Å². The number of hydrogen-bond acceptors (Lipinski definition) is 3. The van der Waals surface area contributed by atoms with Crippen LogP contribution in [0.3, 0.4) is 0 Å². The molecule has 23 heavy (non-hydrogen) atoms. The van der Waals surface area contributed by atoms with Gasteiger partial charge in [-0.3, -0.25) is 9.52 Å². The number of rotatable bonds is 4. The van der Waals surface area contributed by atoms with Gasteiger partial charge in [-0.05, 0) is 18.2 Å². The van der Waals surface area contributed by atoms with Crippen molar-refractivity contribution in [2.45, 2.75) is 0 Å². The fourth-order valence-electron chi connectivity index (χ4n) is 2.37. The number of benzene rings is 2. The first-order chi connectivity index (χ1) is 10.8. The lowest BCUT2D eigenvalue weighted by molar-refractivity contribution is 0.103. The molecule has 2 aromatic carbocycles. The third-order valence-corrected chi connectivity index (χ3v) is 3.89. The number of aromatic nitrogens is 1. The molecule has 0 saturated carbocycles. The number of hydrogen-bond donors (Lipinski definition) is 2. The molecule has 2 N–H and O–H groups in total. The number of carbonyl (C=O) groups is 1. The Morgan fingerprint density at radius 1 is 1.13 bits per heavy atom. The summed E-state index contributed by atoms with van der Waals surface area (Å²) in [7, 11) is -3.60. The van der Waals surface area contributed by atoms with Gasteiger partial charge in [0.2, 0.25) is 15.8 Å². The van der Waals surface area contributed by atoms with Crippen molar-refractivity contribution in [3.63, 3.8) is 0 Å². The summed E-state index contributed by atoms with van der Waals surface area (Å²) in [5.41, 5.74) is 0.935. The van der Waals surface area contributed by atoms with Crippen molar-refractivity contribution in [1.29, 1.82) is 0 Å². The molecule has 0 amide bonds. The van der Waals surface area contributed by atoms with Crippen molar-refractivity contribution in [3.8, 4) is 0 Å². The van der Waals surface area contributed by atoms with Gasteiger partial charge in [-0.25, -0.2) is 12.8 Å². The maximum Gasteiger partial charge on any atom is 0.229 e. The first-order valence-corrected chi connectivity index (χ1v) is 8.63. The SMILES string of the molecule is CS(=O)(=O)Nc1c(C(=O)c2ccccc2)[nH]c2cc(F)ccc12. The highest BCUT2D eigenvalue weighted by Gasteiger charge is 2.21. The van der Waals surface area contributed by atoms with Gasteiger partial charge >= 0.3 is 0 Å². The zero-order chi connectivity index (χ0) is 16.6. The molecule has 3 aromatic rings. The van der Waals surface area contributed by atoms with Gasteiger partial charge in [-0.15, -0.1) is 0 Å². The molecule has 1 aromatic heterocycles. The Kier molecular flexibility index (Phi) is 3.65. The van der Waals surface area contributed by atoms with Crippen LogP contribution < -0.4 is 4.72 Å². The highest BCUT2D eigenvalue weighted by Crippen LogP contribution is 2.30. The van der Waals surface area contributed by atoms with Crippen molar-refractivity contribution in [1.82, 2.24) is 4.98 Å². The van der Waals surface area contributed by atoms with Gasteiger partial charge in [0.15, 0.2) is 0 Å². The lowest BCUT2D eigenvalue weighted by Gasteiger charge is -2.06. The van der Waals surface area contributed by atoms with Crippen LogP contribution in [0, 0.1) is 5.82 Å². The molecule has 0 atom stereocenters.